The SMILES string of the molecule is COc1ccc(Cn2c(=O)[nH]c(=O)c3cc(Cl)c(Cl)nc32)cc1. The third-order valence-corrected chi connectivity index (χ3v) is 4.05. The molecular formula is C15H11Cl2N3O3. The summed E-state index contributed by atoms with van der Waals surface area (Å²) in [7, 11) is 1.57. The first-order chi connectivity index (χ1) is 11.0. The number of aromatic nitrogens is 3. The number of pyridine rings is 1. The maximum atomic E-state index is 12.1. The molecule has 1 N–H and O–H groups in total. The van der Waals surface area contributed by atoms with Crippen LogP contribution in [-0.2, 0) is 6.54 Å². The van der Waals surface area contributed by atoms with Crippen molar-refractivity contribution in [2.24, 2.45) is 0 Å². The summed E-state index contributed by atoms with van der Waals surface area (Å²) in [6.07, 6.45) is 0. The quantitative estimate of drug-likeness (QED) is 0.735. The summed E-state index contributed by atoms with van der Waals surface area (Å²) >= 11 is 11.8. The molecule has 0 saturated carbocycles. The number of hydrogen-bond donors (Lipinski definition) is 1. The van der Waals surface area contributed by atoms with E-state index < -0.39 is 11.2 Å². The Labute approximate surface area is 140 Å². The highest BCUT2D eigenvalue weighted by Crippen LogP contribution is 2.22. The molecule has 8 heteroatoms. The summed E-state index contributed by atoms with van der Waals surface area (Å²) in [5.41, 5.74) is -0.0932. The molecule has 2 heterocycles. The van der Waals surface area contributed by atoms with Crippen LogP contribution < -0.4 is 16.0 Å². The highest BCUT2D eigenvalue weighted by atomic mass is 35.5. The molecule has 0 spiro atoms. The largest absolute Gasteiger partial charge is 0.497 e. The molecule has 2 aromatic heterocycles. The Morgan fingerprint density at radius 1 is 1.22 bits per heavy atom. The zero-order valence-electron chi connectivity index (χ0n) is 12.0. The molecule has 6 nitrogen and oxygen atoms in total. The third kappa shape index (κ3) is 2.95. The molecule has 3 aromatic rings. The van der Waals surface area contributed by atoms with Crippen molar-refractivity contribution in [3.05, 3.63) is 66.9 Å². The lowest BCUT2D eigenvalue weighted by Gasteiger charge is -2.10. The molecule has 0 saturated heterocycles. The van der Waals surface area contributed by atoms with E-state index >= 15 is 0 Å². The lowest BCUT2D eigenvalue weighted by Crippen LogP contribution is -2.31. The number of benzene rings is 1. The smallest absolute Gasteiger partial charge is 0.330 e. The van der Waals surface area contributed by atoms with E-state index in [2.05, 4.69) is 9.97 Å². The molecule has 0 unspecified atom stereocenters. The fourth-order valence-electron chi connectivity index (χ4n) is 2.22. The van der Waals surface area contributed by atoms with Gasteiger partial charge in [-0.2, -0.15) is 0 Å². The summed E-state index contributed by atoms with van der Waals surface area (Å²) < 4.78 is 6.43. The molecule has 0 atom stereocenters. The van der Waals surface area contributed by atoms with Crippen molar-refractivity contribution in [3.8, 4) is 5.75 Å². The molecule has 0 aliphatic rings. The van der Waals surface area contributed by atoms with Gasteiger partial charge in [-0.1, -0.05) is 35.3 Å². The van der Waals surface area contributed by atoms with Crippen LogP contribution in [0.1, 0.15) is 5.56 Å². The summed E-state index contributed by atoms with van der Waals surface area (Å²) in [6.45, 7) is 0.223. The molecule has 0 aliphatic heterocycles. The lowest BCUT2D eigenvalue weighted by atomic mass is 10.2. The van der Waals surface area contributed by atoms with Crippen LogP contribution in [0.15, 0.2) is 39.9 Å². The second-order valence-corrected chi connectivity index (χ2v) is 5.59. The Balaban J connectivity index is 2.17. The molecule has 0 bridgehead atoms. The highest BCUT2D eigenvalue weighted by molar-refractivity contribution is 6.41. The van der Waals surface area contributed by atoms with Crippen molar-refractivity contribution >= 4 is 34.2 Å². The van der Waals surface area contributed by atoms with E-state index in [4.69, 9.17) is 27.9 Å². The summed E-state index contributed by atoms with van der Waals surface area (Å²) in [5, 5.41) is 0.388. The lowest BCUT2D eigenvalue weighted by molar-refractivity contribution is 0.414. The van der Waals surface area contributed by atoms with E-state index in [0.717, 1.165) is 5.56 Å². The number of methoxy groups -OCH3 is 1. The van der Waals surface area contributed by atoms with E-state index in [-0.39, 0.29) is 27.8 Å². The molecule has 1 aromatic carbocycles. The van der Waals surface area contributed by atoms with Crippen molar-refractivity contribution in [2.45, 2.75) is 6.54 Å². The van der Waals surface area contributed by atoms with Crippen molar-refractivity contribution in [1.29, 1.82) is 0 Å². The Hall–Kier alpha value is -2.31. The first-order valence-electron chi connectivity index (χ1n) is 6.61. The Kier molecular flexibility index (Phi) is 4.11. The van der Waals surface area contributed by atoms with Crippen molar-refractivity contribution in [1.82, 2.24) is 14.5 Å². The van der Waals surface area contributed by atoms with Crippen LogP contribution in [0.2, 0.25) is 10.2 Å². The van der Waals surface area contributed by atoms with E-state index in [1.165, 1.54) is 10.6 Å². The first kappa shape index (κ1) is 15.6. The van der Waals surface area contributed by atoms with Crippen LogP contribution in [0.4, 0.5) is 0 Å². The number of nitrogens with one attached hydrogen (secondary N) is 1. The van der Waals surface area contributed by atoms with Gasteiger partial charge in [0.2, 0.25) is 0 Å². The van der Waals surface area contributed by atoms with Gasteiger partial charge in [0.1, 0.15) is 10.9 Å². The van der Waals surface area contributed by atoms with Crippen molar-refractivity contribution in [3.63, 3.8) is 0 Å². The van der Waals surface area contributed by atoms with Crippen molar-refractivity contribution in [2.75, 3.05) is 7.11 Å². The number of aromatic amines is 1. The topological polar surface area (TPSA) is 77.0 Å². The average molecular weight is 352 g/mol. The minimum Gasteiger partial charge on any atom is -0.497 e. The number of hydrogen-bond acceptors (Lipinski definition) is 4. The predicted octanol–water partition coefficient (Wildman–Crippen LogP) is 2.45. The normalized spacial score (nSPS) is 10.9. The van der Waals surface area contributed by atoms with Gasteiger partial charge in [-0.05, 0) is 23.8 Å². The maximum absolute atomic E-state index is 12.1. The second kappa shape index (κ2) is 6.06. The van der Waals surface area contributed by atoms with Crippen LogP contribution in [0, 0.1) is 0 Å². The third-order valence-electron chi connectivity index (χ3n) is 3.38. The summed E-state index contributed by atoms with van der Waals surface area (Å²) in [4.78, 5) is 30.4. The molecule has 23 heavy (non-hydrogen) atoms. The van der Waals surface area contributed by atoms with Gasteiger partial charge in [-0.25, -0.2) is 9.78 Å². The van der Waals surface area contributed by atoms with Crippen LogP contribution >= 0.6 is 23.2 Å². The Morgan fingerprint density at radius 2 is 1.91 bits per heavy atom. The molecule has 0 aliphatic carbocycles. The van der Waals surface area contributed by atoms with Gasteiger partial charge >= 0.3 is 5.69 Å². The van der Waals surface area contributed by atoms with Gasteiger partial charge in [0.25, 0.3) is 5.56 Å². The number of halogens is 2. The van der Waals surface area contributed by atoms with Crippen LogP contribution in [0.5, 0.6) is 5.75 Å². The summed E-state index contributed by atoms with van der Waals surface area (Å²) in [5.74, 6) is 0.709. The number of rotatable bonds is 3. The standard InChI is InChI=1S/C15H11Cl2N3O3/c1-23-9-4-2-8(3-5-9)7-20-13-10(14(21)19-15(20)22)6-11(16)12(17)18-13/h2-6H,7H2,1H3,(H,19,21,22). The Morgan fingerprint density at radius 3 is 2.57 bits per heavy atom. The van der Waals surface area contributed by atoms with Gasteiger partial charge < -0.3 is 4.74 Å². The minimum atomic E-state index is -0.566. The number of H-pyrrole nitrogens is 1. The second-order valence-electron chi connectivity index (χ2n) is 4.83. The van der Waals surface area contributed by atoms with Crippen molar-refractivity contribution < 1.29 is 4.74 Å². The zero-order chi connectivity index (χ0) is 16.6. The maximum Gasteiger partial charge on any atom is 0.330 e. The van der Waals surface area contributed by atoms with Gasteiger partial charge in [0, 0.05) is 0 Å². The molecule has 0 radical (unpaired) electrons. The van der Waals surface area contributed by atoms with E-state index in [9.17, 15) is 9.59 Å². The minimum absolute atomic E-state index is 0.0349. The molecule has 0 amide bonds. The highest BCUT2D eigenvalue weighted by Gasteiger charge is 2.12. The molecule has 3 rings (SSSR count). The average Bonchev–Trinajstić information content (AvgIpc) is 2.54. The predicted molar refractivity (Wildman–Crippen MR) is 88.7 cm³/mol. The fourth-order valence-corrected chi connectivity index (χ4v) is 2.50. The zero-order valence-corrected chi connectivity index (χ0v) is 13.5. The molecular weight excluding hydrogens is 341 g/mol. The van der Waals surface area contributed by atoms with E-state index in [1.807, 2.05) is 12.1 Å². The van der Waals surface area contributed by atoms with Gasteiger partial charge in [-0.3, -0.25) is 14.3 Å². The van der Waals surface area contributed by atoms with Crippen LogP contribution in [0.3, 0.4) is 0 Å². The van der Waals surface area contributed by atoms with E-state index in [1.54, 1.807) is 19.2 Å². The summed E-state index contributed by atoms with van der Waals surface area (Å²) in [6, 6.07) is 8.60. The number of nitrogens with zero attached hydrogens (tertiary/aromatic N) is 2. The molecule has 0 fully saturated rings. The van der Waals surface area contributed by atoms with Crippen LogP contribution in [0.25, 0.3) is 11.0 Å². The first-order valence-corrected chi connectivity index (χ1v) is 7.37. The van der Waals surface area contributed by atoms with Crippen LogP contribution in [-0.4, -0.2) is 21.6 Å². The molecule has 118 valence electrons. The number of fused-ring (bicyclic) bond motifs is 1. The van der Waals surface area contributed by atoms with Gasteiger partial charge in [-0.15, -0.1) is 0 Å². The fraction of sp³-hybridized carbons (Fsp3) is 0.133. The number of ether oxygens (including phenoxy) is 1. The van der Waals surface area contributed by atoms with Gasteiger partial charge in [0.05, 0.1) is 24.1 Å². The van der Waals surface area contributed by atoms with Gasteiger partial charge in [0.15, 0.2) is 5.65 Å². The Bertz CT molecular complexity index is 994. The monoisotopic (exact) mass is 351 g/mol. The van der Waals surface area contributed by atoms with E-state index in [0.29, 0.717) is 5.75 Å².